The van der Waals surface area contributed by atoms with Crippen molar-refractivity contribution in [2.24, 2.45) is 0 Å². The van der Waals surface area contributed by atoms with Crippen LogP contribution in [0.1, 0.15) is 11.1 Å². The Hall–Kier alpha value is -2.64. The number of hydrogen-bond donors (Lipinski definition) is 2. The van der Waals surface area contributed by atoms with Crippen molar-refractivity contribution in [3.63, 3.8) is 0 Å². The van der Waals surface area contributed by atoms with Crippen LogP contribution in [0.4, 0.5) is 0 Å². The lowest BCUT2D eigenvalue weighted by Gasteiger charge is -2.35. The third-order valence-corrected chi connectivity index (χ3v) is 6.79. The van der Waals surface area contributed by atoms with E-state index in [4.69, 9.17) is 23.2 Å². The van der Waals surface area contributed by atoms with Gasteiger partial charge in [-0.05, 0) is 42.0 Å². The minimum absolute atomic E-state index is 0.149. The van der Waals surface area contributed by atoms with Crippen LogP contribution in [-0.4, -0.2) is 56.2 Å². The number of aromatic hydroxyl groups is 2. The second-order valence-corrected chi connectivity index (χ2v) is 8.87. The minimum Gasteiger partial charge on any atom is -0.506 e. The summed E-state index contributed by atoms with van der Waals surface area (Å²) in [5, 5.41) is 23.8. The SMILES string of the molecule is Oc1cc(CN2CCN(Cc3cc(Cl)c4cccnc4c3O)CC2)c(Cl)c2cccnc12. The number of fused-ring (bicyclic) bond motifs is 2. The van der Waals surface area contributed by atoms with Crippen LogP contribution in [0.3, 0.4) is 0 Å². The molecule has 0 amide bonds. The number of pyridine rings is 2. The van der Waals surface area contributed by atoms with Crippen LogP contribution in [0, 0.1) is 0 Å². The third kappa shape index (κ3) is 3.95. The van der Waals surface area contributed by atoms with Crippen molar-refractivity contribution in [3.05, 3.63) is 70.0 Å². The number of halogens is 2. The van der Waals surface area contributed by atoms with Gasteiger partial charge in [0.2, 0.25) is 0 Å². The molecule has 0 saturated carbocycles. The number of nitrogens with zero attached hydrogens (tertiary/aromatic N) is 4. The average molecular weight is 469 g/mol. The molecule has 0 aliphatic carbocycles. The van der Waals surface area contributed by atoms with E-state index in [1.807, 2.05) is 30.3 Å². The fourth-order valence-corrected chi connectivity index (χ4v) is 4.87. The molecule has 0 bridgehead atoms. The maximum Gasteiger partial charge on any atom is 0.146 e. The molecule has 164 valence electrons. The van der Waals surface area contributed by atoms with Gasteiger partial charge in [-0.2, -0.15) is 0 Å². The molecular weight excluding hydrogens is 447 g/mol. The summed E-state index contributed by atoms with van der Waals surface area (Å²) >= 11 is 13.0. The van der Waals surface area contributed by atoms with Gasteiger partial charge in [0.1, 0.15) is 22.5 Å². The van der Waals surface area contributed by atoms with E-state index in [0.29, 0.717) is 34.2 Å². The molecule has 1 aliphatic rings. The highest BCUT2D eigenvalue weighted by Gasteiger charge is 2.21. The van der Waals surface area contributed by atoms with Gasteiger partial charge in [0, 0.05) is 68.0 Å². The van der Waals surface area contributed by atoms with Crippen molar-refractivity contribution in [2.75, 3.05) is 26.2 Å². The standard InChI is InChI=1S/C24H22Cl2N4O2/c25-19-11-16(24(32)23-17(19)3-1-6-28-23)14-30-9-7-29(8-10-30)13-15-12-20(31)22-18(21(15)26)4-2-5-27-22/h1-6,11-12,31-32H,7-10,13-14H2. The quantitative estimate of drug-likeness (QED) is 0.447. The van der Waals surface area contributed by atoms with Crippen molar-refractivity contribution < 1.29 is 10.2 Å². The summed E-state index contributed by atoms with van der Waals surface area (Å²) in [4.78, 5) is 13.1. The Balaban J connectivity index is 1.27. The highest BCUT2D eigenvalue weighted by atomic mass is 35.5. The predicted octanol–water partition coefficient (Wildman–Crippen LogP) is 4.82. The summed E-state index contributed by atoms with van der Waals surface area (Å²) in [6.07, 6.45) is 3.31. The zero-order chi connectivity index (χ0) is 22.2. The predicted molar refractivity (Wildman–Crippen MR) is 127 cm³/mol. The Morgan fingerprint density at radius 2 is 1.38 bits per heavy atom. The molecule has 0 unspecified atom stereocenters. The molecule has 0 radical (unpaired) electrons. The number of phenols is 2. The molecule has 2 aromatic heterocycles. The minimum atomic E-state index is 0.149. The topological polar surface area (TPSA) is 72.7 Å². The van der Waals surface area contributed by atoms with Gasteiger partial charge in [-0.15, -0.1) is 0 Å². The van der Waals surface area contributed by atoms with Gasteiger partial charge in [0.25, 0.3) is 0 Å². The monoisotopic (exact) mass is 468 g/mol. The van der Waals surface area contributed by atoms with Crippen LogP contribution in [0.5, 0.6) is 11.5 Å². The molecule has 0 spiro atoms. The zero-order valence-corrected chi connectivity index (χ0v) is 18.8. The Labute approximate surface area is 195 Å². The number of benzene rings is 2. The summed E-state index contributed by atoms with van der Waals surface area (Å²) in [7, 11) is 0. The highest BCUT2D eigenvalue weighted by molar-refractivity contribution is 6.36. The summed E-state index contributed by atoms with van der Waals surface area (Å²) in [6, 6.07) is 10.9. The second-order valence-electron chi connectivity index (χ2n) is 8.09. The second kappa shape index (κ2) is 8.71. The van der Waals surface area contributed by atoms with E-state index >= 15 is 0 Å². The number of hydrogen-bond acceptors (Lipinski definition) is 6. The van der Waals surface area contributed by atoms with Crippen LogP contribution in [0.15, 0.2) is 48.8 Å². The van der Waals surface area contributed by atoms with Gasteiger partial charge in [-0.1, -0.05) is 23.2 Å². The van der Waals surface area contributed by atoms with E-state index < -0.39 is 0 Å². The number of piperazine rings is 1. The van der Waals surface area contributed by atoms with Crippen LogP contribution in [0.25, 0.3) is 21.8 Å². The van der Waals surface area contributed by atoms with Crippen LogP contribution in [0.2, 0.25) is 10.0 Å². The maximum absolute atomic E-state index is 10.7. The molecule has 2 aromatic carbocycles. The van der Waals surface area contributed by atoms with Gasteiger partial charge in [0.05, 0.1) is 10.0 Å². The van der Waals surface area contributed by atoms with E-state index in [0.717, 1.165) is 48.1 Å². The Kier molecular flexibility index (Phi) is 5.78. The first kappa shape index (κ1) is 21.2. The molecule has 4 aromatic rings. The smallest absolute Gasteiger partial charge is 0.146 e. The van der Waals surface area contributed by atoms with Crippen molar-refractivity contribution in [1.82, 2.24) is 19.8 Å². The summed E-state index contributed by atoms with van der Waals surface area (Å²) in [5.74, 6) is 0.343. The molecule has 3 heterocycles. The van der Waals surface area contributed by atoms with Crippen LogP contribution in [-0.2, 0) is 13.1 Å². The van der Waals surface area contributed by atoms with Gasteiger partial charge >= 0.3 is 0 Å². The van der Waals surface area contributed by atoms with E-state index in [1.54, 1.807) is 18.5 Å². The first-order valence-corrected chi connectivity index (χ1v) is 11.2. The number of rotatable bonds is 4. The van der Waals surface area contributed by atoms with Crippen molar-refractivity contribution in [1.29, 1.82) is 0 Å². The molecule has 6 nitrogen and oxygen atoms in total. The molecule has 32 heavy (non-hydrogen) atoms. The molecule has 8 heteroatoms. The van der Waals surface area contributed by atoms with E-state index in [9.17, 15) is 10.2 Å². The van der Waals surface area contributed by atoms with Crippen molar-refractivity contribution >= 4 is 45.0 Å². The fourth-order valence-electron chi connectivity index (χ4n) is 4.32. The van der Waals surface area contributed by atoms with Gasteiger partial charge in [0.15, 0.2) is 0 Å². The fraction of sp³-hybridized carbons (Fsp3) is 0.250. The van der Waals surface area contributed by atoms with Gasteiger partial charge < -0.3 is 10.2 Å². The normalized spacial score (nSPS) is 15.6. The lowest BCUT2D eigenvalue weighted by Crippen LogP contribution is -2.45. The Bertz CT molecular complexity index is 1210. The number of aromatic nitrogens is 2. The van der Waals surface area contributed by atoms with E-state index in [2.05, 4.69) is 19.8 Å². The molecular formula is C24H22Cl2N4O2. The Morgan fingerprint density at radius 3 is 2.06 bits per heavy atom. The van der Waals surface area contributed by atoms with Gasteiger partial charge in [-0.25, -0.2) is 0 Å². The molecule has 5 rings (SSSR count). The van der Waals surface area contributed by atoms with E-state index in [-0.39, 0.29) is 11.5 Å². The third-order valence-electron chi connectivity index (χ3n) is 6.03. The Morgan fingerprint density at radius 1 is 0.781 bits per heavy atom. The summed E-state index contributed by atoms with van der Waals surface area (Å²) < 4.78 is 0. The van der Waals surface area contributed by atoms with E-state index in [1.165, 1.54) is 0 Å². The van der Waals surface area contributed by atoms with Crippen molar-refractivity contribution in [2.45, 2.75) is 13.1 Å². The molecule has 1 fully saturated rings. The van der Waals surface area contributed by atoms with Crippen LogP contribution < -0.4 is 0 Å². The molecule has 1 aliphatic heterocycles. The molecule has 0 atom stereocenters. The summed E-state index contributed by atoms with van der Waals surface area (Å²) in [5.41, 5.74) is 2.73. The van der Waals surface area contributed by atoms with Crippen molar-refractivity contribution in [3.8, 4) is 11.5 Å². The summed E-state index contributed by atoms with van der Waals surface area (Å²) in [6.45, 7) is 4.65. The zero-order valence-electron chi connectivity index (χ0n) is 17.3. The molecule has 1 saturated heterocycles. The lowest BCUT2D eigenvalue weighted by atomic mass is 10.1. The first-order chi connectivity index (χ1) is 15.5. The largest absolute Gasteiger partial charge is 0.506 e. The first-order valence-electron chi connectivity index (χ1n) is 10.5. The van der Waals surface area contributed by atoms with Gasteiger partial charge in [-0.3, -0.25) is 19.8 Å². The maximum atomic E-state index is 10.7. The lowest BCUT2D eigenvalue weighted by molar-refractivity contribution is 0.121. The average Bonchev–Trinajstić information content (AvgIpc) is 2.82. The highest BCUT2D eigenvalue weighted by Crippen LogP contribution is 2.35. The number of phenolic OH excluding ortho intramolecular Hbond substituents is 2. The molecule has 2 N–H and O–H groups in total. The van der Waals surface area contributed by atoms with Crippen LogP contribution >= 0.6 is 23.2 Å².